The van der Waals surface area contributed by atoms with Gasteiger partial charge in [-0.1, -0.05) is 12.1 Å². The molecule has 1 amide bonds. The van der Waals surface area contributed by atoms with Crippen LogP contribution in [0.15, 0.2) is 54.6 Å². The number of amides is 1. The molecular formula is C22H24IN5O. The highest BCUT2D eigenvalue weighted by Gasteiger charge is 2.10. The lowest BCUT2D eigenvalue weighted by molar-refractivity contribution is 0.102. The third kappa shape index (κ3) is 5.44. The highest BCUT2D eigenvalue weighted by molar-refractivity contribution is 14.1. The summed E-state index contributed by atoms with van der Waals surface area (Å²) >= 11 is 2.16. The summed E-state index contributed by atoms with van der Waals surface area (Å²) in [5, 5.41) is 6.18. The number of halogens is 1. The summed E-state index contributed by atoms with van der Waals surface area (Å²) < 4.78 is 0.918. The molecule has 0 atom stereocenters. The molecule has 29 heavy (non-hydrogen) atoms. The van der Waals surface area contributed by atoms with Crippen LogP contribution in [0.1, 0.15) is 29.9 Å². The first-order valence-corrected chi connectivity index (χ1v) is 10.6. The van der Waals surface area contributed by atoms with Gasteiger partial charge in [-0.15, -0.1) is 0 Å². The van der Waals surface area contributed by atoms with Gasteiger partial charge in [0.2, 0.25) is 5.95 Å². The third-order valence-electron chi connectivity index (χ3n) is 4.45. The zero-order chi connectivity index (χ0) is 20.8. The first-order valence-electron chi connectivity index (χ1n) is 9.53. The minimum absolute atomic E-state index is 0.124. The average Bonchev–Trinajstić information content (AvgIpc) is 2.70. The van der Waals surface area contributed by atoms with E-state index < -0.39 is 0 Å². The maximum Gasteiger partial charge on any atom is 0.256 e. The van der Waals surface area contributed by atoms with Gasteiger partial charge in [-0.2, -0.15) is 4.98 Å². The van der Waals surface area contributed by atoms with Gasteiger partial charge < -0.3 is 15.5 Å². The highest BCUT2D eigenvalue weighted by Crippen LogP contribution is 2.21. The highest BCUT2D eigenvalue weighted by atomic mass is 127. The van der Waals surface area contributed by atoms with Crippen LogP contribution in [0.25, 0.3) is 0 Å². The second kappa shape index (κ2) is 9.69. The lowest BCUT2D eigenvalue weighted by atomic mass is 10.2. The van der Waals surface area contributed by atoms with Crippen LogP contribution in [-0.2, 0) is 0 Å². The molecule has 150 valence electrons. The molecule has 2 N–H and O–H groups in total. The molecule has 0 saturated heterocycles. The van der Waals surface area contributed by atoms with E-state index in [1.807, 2.05) is 61.5 Å². The Morgan fingerprint density at radius 3 is 2.31 bits per heavy atom. The molecule has 6 nitrogen and oxygen atoms in total. The van der Waals surface area contributed by atoms with Gasteiger partial charge in [-0.3, -0.25) is 4.79 Å². The molecule has 0 aliphatic carbocycles. The molecule has 0 bridgehead atoms. The fraction of sp³-hybridized carbons (Fsp3) is 0.227. The van der Waals surface area contributed by atoms with Crippen LogP contribution in [-0.4, -0.2) is 29.0 Å². The van der Waals surface area contributed by atoms with E-state index in [4.69, 9.17) is 0 Å². The molecular weight excluding hydrogens is 477 g/mol. The maximum absolute atomic E-state index is 12.5. The van der Waals surface area contributed by atoms with Crippen LogP contribution < -0.4 is 15.5 Å². The summed E-state index contributed by atoms with van der Waals surface area (Å²) in [6.07, 6.45) is 0. The molecule has 0 saturated carbocycles. The van der Waals surface area contributed by atoms with Gasteiger partial charge >= 0.3 is 0 Å². The Labute approximate surface area is 184 Å². The third-order valence-corrected chi connectivity index (χ3v) is 5.39. The molecule has 0 fully saturated rings. The van der Waals surface area contributed by atoms with Crippen molar-refractivity contribution in [3.8, 4) is 0 Å². The Morgan fingerprint density at radius 2 is 1.66 bits per heavy atom. The Balaban J connectivity index is 1.71. The summed E-state index contributed by atoms with van der Waals surface area (Å²) in [4.78, 5) is 23.7. The number of carbonyl (C=O) groups is 1. The van der Waals surface area contributed by atoms with E-state index in [-0.39, 0.29) is 5.91 Å². The summed E-state index contributed by atoms with van der Waals surface area (Å²) in [7, 11) is 0. The van der Waals surface area contributed by atoms with Crippen molar-refractivity contribution >= 4 is 51.6 Å². The van der Waals surface area contributed by atoms with Gasteiger partial charge in [0.1, 0.15) is 5.82 Å². The summed E-state index contributed by atoms with van der Waals surface area (Å²) in [6.45, 7) is 7.96. The predicted octanol–water partition coefficient (Wildman–Crippen LogP) is 5.23. The Hall–Kier alpha value is -2.68. The number of carbonyl (C=O) groups excluding carboxylic acids is 1. The van der Waals surface area contributed by atoms with Crippen LogP contribution in [0.2, 0.25) is 0 Å². The summed E-state index contributed by atoms with van der Waals surface area (Å²) in [5.41, 5.74) is 3.15. The van der Waals surface area contributed by atoms with Crippen LogP contribution in [0.5, 0.6) is 0 Å². The number of nitrogens with one attached hydrogen (secondary N) is 2. The number of aromatic nitrogens is 2. The topological polar surface area (TPSA) is 70.2 Å². The van der Waals surface area contributed by atoms with Crippen molar-refractivity contribution in [2.45, 2.75) is 20.8 Å². The maximum atomic E-state index is 12.5. The summed E-state index contributed by atoms with van der Waals surface area (Å²) in [5.74, 6) is 1.34. The monoisotopic (exact) mass is 501 g/mol. The first-order chi connectivity index (χ1) is 14.0. The van der Waals surface area contributed by atoms with Gasteiger partial charge in [0.25, 0.3) is 5.91 Å². The predicted molar refractivity (Wildman–Crippen MR) is 127 cm³/mol. The van der Waals surface area contributed by atoms with Crippen molar-refractivity contribution < 1.29 is 4.79 Å². The fourth-order valence-corrected chi connectivity index (χ4v) is 3.56. The SMILES string of the molecule is CCN(CC)c1cc(C)nc(Nc2ccc(NC(=O)c3ccccc3I)cc2)n1. The lowest BCUT2D eigenvalue weighted by Crippen LogP contribution is -2.23. The Kier molecular flexibility index (Phi) is 7.03. The van der Waals surface area contributed by atoms with E-state index in [1.54, 1.807) is 0 Å². The molecule has 0 unspecified atom stereocenters. The fourth-order valence-electron chi connectivity index (χ4n) is 2.93. The van der Waals surface area contributed by atoms with E-state index in [0.717, 1.165) is 39.5 Å². The molecule has 0 spiro atoms. The molecule has 7 heteroatoms. The van der Waals surface area contributed by atoms with Gasteiger partial charge in [0.05, 0.1) is 5.56 Å². The average molecular weight is 501 g/mol. The van der Waals surface area contributed by atoms with Crippen molar-refractivity contribution in [1.29, 1.82) is 0 Å². The second-order valence-electron chi connectivity index (χ2n) is 6.50. The van der Waals surface area contributed by atoms with Crippen molar-refractivity contribution in [1.82, 2.24) is 9.97 Å². The molecule has 0 aliphatic rings. The number of anilines is 4. The molecule has 3 aromatic rings. The van der Waals surface area contributed by atoms with Gasteiger partial charge in [-0.05, 0) is 79.8 Å². The van der Waals surface area contributed by atoms with Crippen LogP contribution in [0.4, 0.5) is 23.1 Å². The molecule has 3 rings (SSSR count). The van der Waals surface area contributed by atoms with Crippen molar-refractivity contribution in [3.63, 3.8) is 0 Å². The van der Waals surface area contributed by atoms with Gasteiger partial charge in [-0.25, -0.2) is 4.98 Å². The van der Waals surface area contributed by atoms with E-state index in [1.165, 1.54) is 0 Å². The number of rotatable bonds is 7. The van der Waals surface area contributed by atoms with Crippen molar-refractivity contribution in [2.75, 3.05) is 28.6 Å². The van der Waals surface area contributed by atoms with Crippen LogP contribution in [0, 0.1) is 10.5 Å². The van der Waals surface area contributed by atoms with Crippen molar-refractivity contribution in [2.24, 2.45) is 0 Å². The second-order valence-corrected chi connectivity index (χ2v) is 7.66. The number of benzene rings is 2. The van der Waals surface area contributed by atoms with Crippen LogP contribution in [0.3, 0.4) is 0 Å². The summed E-state index contributed by atoms with van der Waals surface area (Å²) in [6, 6.07) is 17.0. The van der Waals surface area contributed by atoms with Crippen molar-refractivity contribution in [3.05, 3.63) is 69.4 Å². The van der Waals surface area contributed by atoms with Gasteiger partial charge in [0, 0.05) is 39.8 Å². The van der Waals surface area contributed by atoms with Crippen LogP contribution >= 0.6 is 22.6 Å². The van der Waals surface area contributed by atoms with E-state index in [9.17, 15) is 4.79 Å². The quantitative estimate of drug-likeness (QED) is 0.434. The van der Waals surface area contributed by atoms with Gasteiger partial charge in [0.15, 0.2) is 0 Å². The normalized spacial score (nSPS) is 10.5. The van der Waals surface area contributed by atoms with E-state index >= 15 is 0 Å². The first kappa shape index (κ1) is 21.0. The zero-order valence-electron chi connectivity index (χ0n) is 16.7. The smallest absolute Gasteiger partial charge is 0.256 e. The molecule has 1 heterocycles. The molecule has 0 aliphatic heterocycles. The molecule has 0 radical (unpaired) electrons. The Bertz CT molecular complexity index is 987. The Morgan fingerprint density at radius 1 is 1.00 bits per heavy atom. The number of hydrogen-bond acceptors (Lipinski definition) is 5. The minimum Gasteiger partial charge on any atom is -0.357 e. The molecule has 1 aromatic heterocycles. The standard InChI is InChI=1S/C22H24IN5O/c1-4-28(5-2)20-14-15(3)24-22(27-20)26-17-12-10-16(11-13-17)25-21(29)18-8-6-7-9-19(18)23/h6-14H,4-5H2,1-3H3,(H,25,29)(H,24,26,27). The molecule has 2 aromatic carbocycles. The van der Waals surface area contributed by atoms with E-state index in [2.05, 4.69) is 61.9 Å². The lowest BCUT2D eigenvalue weighted by Gasteiger charge is -2.20. The number of nitrogens with zero attached hydrogens (tertiary/aromatic N) is 3. The zero-order valence-corrected chi connectivity index (χ0v) is 18.9. The van der Waals surface area contributed by atoms with E-state index in [0.29, 0.717) is 11.5 Å². The minimum atomic E-state index is -0.124. The largest absolute Gasteiger partial charge is 0.357 e. The number of aryl methyl sites for hydroxylation is 1. The number of hydrogen-bond donors (Lipinski definition) is 2.